The molecule has 0 aliphatic carbocycles. The summed E-state index contributed by atoms with van der Waals surface area (Å²) in [6.07, 6.45) is -12.0. The van der Waals surface area contributed by atoms with Crippen LogP contribution >= 0.6 is 0 Å². The minimum Gasteiger partial charge on any atom is -0.369 e. The van der Waals surface area contributed by atoms with Crippen molar-refractivity contribution in [2.75, 3.05) is 5.32 Å². The van der Waals surface area contributed by atoms with E-state index in [0.29, 0.717) is 28.7 Å². The summed E-state index contributed by atoms with van der Waals surface area (Å²) in [5.41, 5.74) is -5.69. The second kappa shape index (κ2) is 7.97. The standard InChI is InChI=1S/C21H16F6N2O3/c1-12(30)28-16-7-8-17-14(10-16)4-9-18(31)29(17)11-13-2-5-15(6-3-13)19(32,20(22,23)24)21(25,26)27/h2-10,32H,11H2,1H3,(H,28,30). The van der Waals surface area contributed by atoms with E-state index in [9.17, 15) is 41.0 Å². The van der Waals surface area contributed by atoms with Gasteiger partial charge < -0.3 is 15.0 Å². The molecule has 0 spiro atoms. The molecule has 3 rings (SSSR count). The van der Waals surface area contributed by atoms with Gasteiger partial charge in [0.15, 0.2) is 0 Å². The molecule has 1 heterocycles. The molecule has 0 atom stereocenters. The van der Waals surface area contributed by atoms with Crippen molar-refractivity contribution in [2.24, 2.45) is 0 Å². The Morgan fingerprint density at radius 3 is 2.06 bits per heavy atom. The van der Waals surface area contributed by atoms with Crippen molar-refractivity contribution in [3.8, 4) is 0 Å². The summed E-state index contributed by atoms with van der Waals surface area (Å²) in [4.78, 5) is 23.6. The van der Waals surface area contributed by atoms with Gasteiger partial charge in [0.1, 0.15) is 0 Å². The first-order valence-electron chi connectivity index (χ1n) is 9.10. The summed E-state index contributed by atoms with van der Waals surface area (Å²) >= 11 is 0. The quantitative estimate of drug-likeness (QED) is 0.573. The number of halogens is 6. The van der Waals surface area contributed by atoms with Crippen LogP contribution in [0.25, 0.3) is 10.9 Å². The number of pyridine rings is 1. The predicted octanol–water partition coefficient (Wildman–Crippen LogP) is 4.32. The second-order valence-corrected chi connectivity index (χ2v) is 7.12. The molecule has 0 saturated heterocycles. The van der Waals surface area contributed by atoms with Crippen LogP contribution in [0.5, 0.6) is 0 Å². The minimum atomic E-state index is -5.98. The number of nitrogens with one attached hydrogen (secondary N) is 1. The number of benzene rings is 2. The molecule has 5 nitrogen and oxygen atoms in total. The van der Waals surface area contributed by atoms with Gasteiger partial charge in [0.2, 0.25) is 5.91 Å². The fourth-order valence-corrected chi connectivity index (χ4v) is 3.27. The normalized spacial score (nSPS) is 12.8. The Morgan fingerprint density at radius 2 is 1.53 bits per heavy atom. The minimum absolute atomic E-state index is 0.146. The van der Waals surface area contributed by atoms with Crippen molar-refractivity contribution in [1.82, 2.24) is 4.57 Å². The lowest BCUT2D eigenvalue weighted by molar-refractivity contribution is -0.376. The highest BCUT2D eigenvalue weighted by Crippen LogP contribution is 2.49. The zero-order chi connectivity index (χ0) is 23.9. The molecule has 0 bridgehead atoms. The Kier molecular flexibility index (Phi) is 5.81. The maximum absolute atomic E-state index is 13.0. The molecule has 170 valence electrons. The van der Waals surface area contributed by atoms with Gasteiger partial charge in [-0.3, -0.25) is 9.59 Å². The van der Waals surface area contributed by atoms with Crippen molar-refractivity contribution < 1.29 is 36.2 Å². The summed E-state index contributed by atoms with van der Waals surface area (Å²) in [5.74, 6) is -0.296. The van der Waals surface area contributed by atoms with Crippen molar-refractivity contribution >= 4 is 22.5 Å². The van der Waals surface area contributed by atoms with Crippen LogP contribution in [0.3, 0.4) is 0 Å². The van der Waals surface area contributed by atoms with Crippen molar-refractivity contribution in [2.45, 2.75) is 31.4 Å². The van der Waals surface area contributed by atoms with Gasteiger partial charge in [-0.2, -0.15) is 26.3 Å². The molecule has 0 aliphatic heterocycles. The number of hydrogen-bond donors (Lipinski definition) is 2. The molecule has 2 N–H and O–H groups in total. The first-order valence-corrected chi connectivity index (χ1v) is 9.10. The molecule has 0 unspecified atom stereocenters. The number of carbonyl (C=O) groups is 1. The molecule has 3 aromatic rings. The Hall–Kier alpha value is -3.34. The van der Waals surface area contributed by atoms with E-state index in [0.717, 1.165) is 12.1 Å². The van der Waals surface area contributed by atoms with Gasteiger partial charge in [0.25, 0.3) is 11.2 Å². The molecule has 0 fully saturated rings. The van der Waals surface area contributed by atoms with Gasteiger partial charge in [0, 0.05) is 29.6 Å². The first-order chi connectivity index (χ1) is 14.7. The molecular formula is C21H16F6N2O3. The van der Waals surface area contributed by atoms with E-state index in [2.05, 4.69) is 5.32 Å². The lowest BCUT2D eigenvalue weighted by atomic mass is 9.91. The average molecular weight is 458 g/mol. The van der Waals surface area contributed by atoms with E-state index >= 15 is 0 Å². The predicted molar refractivity (Wildman–Crippen MR) is 104 cm³/mol. The number of rotatable bonds is 4. The van der Waals surface area contributed by atoms with Crippen molar-refractivity contribution in [1.29, 1.82) is 0 Å². The van der Waals surface area contributed by atoms with Gasteiger partial charge in [0.05, 0.1) is 12.1 Å². The molecule has 32 heavy (non-hydrogen) atoms. The van der Waals surface area contributed by atoms with E-state index in [4.69, 9.17) is 0 Å². The Labute approximate surface area is 176 Å². The van der Waals surface area contributed by atoms with Crippen molar-refractivity contribution in [3.63, 3.8) is 0 Å². The van der Waals surface area contributed by atoms with Gasteiger partial charge in [-0.15, -0.1) is 0 Å². The molecule has 2 aromatic carbocycles. The monoisotopic (exact) mass is 458 g/mol. The number of carbonyl (C=O) groups excluding carboxylic acids is 1. The molecule has 1 amide bonds. The van der Waals surface area contributed by atoms with Gasteiger partial charge in [-0.05, 0) is 29.8 Å². The number of aliphatic hydroxyl groups is 1. The summed E-state index contributed by atoms with van der Waals surface area (Å²) in [6.45, 7) is 1.18. The first kappa shape index (κ1) is 23.3. The van der Waals surface area contributed by atoms with Crippen LogP contribution in [0.15, 0.2) is 59.4 Å². The molecule has 0 aliphatic rings. The number of anilines is 1. The fourth-order valence-electron chi connectivity index (χ4n) is 3.27. The van der Waals surface area contributed by atoms with Gasteiger partial charge >= 0.3 is 12.4 Å². The lowest BCUT2D eigenvalue weighted by Crippen LogP contribution is -2.53. The van der Waals surface area contributed by atoms with E-state index in [1.54, 1.807) is 18.2 Å². The van der Waals surface area contributed by atoms with Crippen LogP contribution in [0.2, 0.25) is 0 Å². The van der Waals surface area contributed by atoms with Crippen LogP contribution in [0.1, 0.15) is 18.1 Å². The molecule has 11 heteroatoms. The van der Waals surface area contributed by atoms with Gasteiger partial charge in [-0.25, -0.2) is 0 Å². The van der Waals surface area contributed by atoms with Crippen LogP contribution in [-0.2, 0) is 16.9 Å². The fraction of sp³-hybridized carbons (Fsp3) is 0.238. The third-order valence-electron chi connectivity index (χ3n) is 4.84. The SMILES string of the molecule is CC(=O)Nc1ccc2c(ccc(=O)n2Cc2ccc(C(O)(C(F)(F)F)C(F)(F)F)cc2)c1. The molecular weight excluding hydrogens is 442 g/mol. The van der Waals surface area contributed by atoms with Crippen molar-refractivity contribution in [3.05, 3.63) is 76.1 Å². The average Bonchev–Trinajstić information content (AvgIpc) is 2.68. The highest BCUT2D eigenvalue weighted by molar-refractivity contribution is 5.92. The number of aromatic nitrogens is 1. The molecule has 0 saturated carbocycles. The summed E-state index contributed by atoms with van der Waals surface area (Å²) < 4.78 is 79.5. The largest absolute Gasteiger partial charge is 0.430 e. The maximum Gasteiger partial charge on any atom is 0.430 e. The number of alkyl halides is 6. The van der Waals surface area contributed by atoms with Gasteiger partial charge in [-0.1, -0.05) is 24.3 Å². The van der Waals surface area contributed by atoms with Crippen LogP contribution in [-0.4, -0.2) is 27.9 Å². The molecule has 1 aromatic heterocycles. The number of fused-ring (bicyclic) bond motifs is 1. The number of nitrogens with zero attached hydrogens (tertiary/aromatic N) is 1. The second-order valence-electron chi connectivity index (χ2n) is 7.12. The Morgan fingerprint density at radius 1 is 0.938 bits per heavy atom. The number of hydrogen-bond acceptors (Lipinski definition) is 3. The summed E-state index contributed by atoms with van der Waals surface area (Å²) in [7, 11) is 0. The summed E-state index contributed by atoms with van der Waals surface area (Å²) in [5, 5.41) is 12.6. The Bertz CT molecular complexity index is 1200. The van der Waals surface area contributed by atoms with E-state index in [-0.39, 0.29) is 18.0 Å². The van der Waals surface area contributed by atoms with E-state index in [1.807, 2.05) is 0 Å². The number of amides is 1. The maximum atomic E-state index is 13.0. The smallest absolute Gasteiger partial charge is 0.369 e. The highest BCUT2D eigenvalue weighted by Gasteiger charge is 2.71. The third kappa shape index (κ3) is 4.20. The topological polar surface area (TPSA) is 71.3 Å². The summed E-state index contributed by atoms with van der Waals surface area (Å²) in [6, 6.07) is 10.5. The van der Waals surface area contributed by atoms with E-state index in [1.165, 1.54) is 23.6 Å². The highest BCUT2D eigenvalue weighted by atomic mass is 19.4. The zero-order valence-corrected chi connectivity index (χ0v) is 16.4. The lowest BCUT2D eigenvalue weighted by Gasteiger charge is -2.32. The van der Waals surface area contributed by atoms with Crippen LogP contribution < -0.4 is 10.9 Å². The molecule has 0 radical (unpaired) electrons. The van der Waals surface area contributed by atoms with Crippen LogP contribution in [0.4, 0.5) is 32.0 Å². The Balaban J connectivity index is 1.99. The zero-order valence-electron chi connectivity index (χ0n) is 16.4. The van der Waals surface area contributed by atoms with Crippen LogP contribution in [0, 0.1) is 0 Å². The third-order valence-corrected chi connectivity index (χ3v) is 4.84. The van der Waals surface area contributed by atoms with E-state index < -0.39 is 29.1 Å².